The number of carbonyl (C=O) groups is 1. The van der Waals surface area contributed by atoms with Gasteiger partial charge in [-0.05, 0) is 12.2 Å². The van der Waals surface area contributed by atoms with Gasteiger partial charge in [0.2, 0.25) is 0 Å². The summed E-state index contributed by atoms with van der Waals surface area (Å²) in [5, 5.41) is 8.52. The smallest absolute Gasteiger partial charge is 0.354 e. The predicted octanol–water partition coefficient (Wildman–Crippen LogP) is 1.15. The average Bonchev–Trinajstić information content (AvgIpc) is 1.84. The topological polar surface area (TPSA) is 49.7 Å². The van der Waals surface area contributed by atoms with E-state index in [2.05, 4.69) is 4.99 Å². The molecule has 0 saturated heterocycles. The number of carboxylic acid groups (broad SMARTS) is 1. The van der Waals surface area contributed by atoms with Crippen molar-refractivity contribution in [2.75, 3.05) is 0 Å². The van der Waals surface area contributed by atoms with Crippen LogP contribution in [0.4, 0.5) is 0 Å². The van der Waals surface area contributed by atoms with Gasteiger partial charge >= 0.3 is 5.97 Å². The maximum atomic E-state index is 10.4. The molecule has 3 nitrogen and oxygen atoms in total. The van der Waals surface area contributed by atoms with Gasteiger partial charge in [-0.3, -0.25) is 0 Å². The van der Waals surface area contributed by atoms with Crippen LogP contribution in [0.5, 0.6) is 0 Å². The first-order valence-corrected chi connectivity index (χ1v) is 3.11. The summed E-state index contributed by atoms with van der Waals surface area (Å²) < 4.78 is 0. The van der Waals surface area contributed by atoms with Crippen molar-refractivity contribution in [3.63, 3.8) is 0 Å². The lowest BCUT2D eigenvalue weighted by molar-refractivity contribution is -0.132. The van der Waals surface area contributed by atoms with Crippen LogP contribution in [-0.2, 0) is 4.79 Å². The number of hydrogen-bond donors (Lipinski definition) is 1. The van der Waals surface area contributed by atoms with Crippen molar-refractivity contribution in [1.29, 1.82) is 0 Å². The molecule has 0 radical (unpaired) electrons. The van der Waals surface area contributed by atoms with E-state index in [4.69, 9.17) is 5.11 Å². The fourth-order valence-corrected chi connectivity index (χ4v) is 0.618. The van der Waals surface area contributed by atoms with Crippen LogP contribution in [0.3, 0.4) is 0 Å². The summed E-state index contributed by atoms with van der Waals surface area (Å²) in [5.41, 5.74) is 0.0469. The lowest BCUT2D eigenvalue weighted by Crippen LogP contribution is -1.97. The molecule has 0 bridgehead atoms. The molecule has 11 heavy (non-hydrogen) atoms. The van der Waals surface area contributed by atoms with Crippen molar-refractivity contribution in [3.8, 4) is 0 Å². The van der Waals surface area contributed by atoms with Crippen molar-refractivity contribution in [1.82, 2.24) is 0 Å². The SMILES string of the molecule is O=C(O)C1=C/C=C\C=C/C=N\1. The highest BCUT2D eigenvalue weighted by atomic mass is 16.4. The van der Waals surface area contributed by atoms with Gasteiger partial charge in [0.1, 0.15) is 5.70 Å². The van der Waals surface area contributed by atoms with Crippen molar-refractivity contribution < 1.29 is 9.90 Å². The first-order valence-electron chi connectivity index (χ1n) is 3.11. The summed E-state index contributed by atoms with van der Waals surface area (Å²) in [4.78, 5) is 14.1. The summed E-state index contributed by atoms with van der Waals surface area (Å²) in [7, 11) is 0. The molecule has 0 amide bonds. The van der Waals surface area contributed by atoms with E-state index in [-0.39, 0.29) is 5.70 Å². The van der Waals surface area contributed by atoms with Gasteiger partial charge in [0.15, 0.2) is 0 Å². The molecular weight excluding hydrogens is 142 g/mol. The third kappa shape index (κ3) is 2.21. The Bertz CT molecular complexity index is 272. The molecule has 3 heteroatoms. The van der Waals surface area contributed by atoms with Gasteiger partial charge < -0.3 is 5.11 Å². The number of aliphatic carboxylic acids is 1. The summed E-state index contributed by atoms with van der Waals surface area (Å²) in [6.07, 6.45) is 9.72. The zero-order valence-corrected chi connectivity index (χ0v) is 5.77. The Labute approximate surface area is 64.1 Å². The minimum Gasteiger partial charge on any atom is -0.477 e. The van der Waals surface area contributed by atoms with Crippen LogP contribution in [0.25, 0.3) is 0 Å². The number of rotatable bonds is 1. The van der Waals surface area contributed by atoms with Crippen LogP contribution in [0.1, 0.15) is 0 Å². The zero-order valence-electron chi connectivity index (χ0n) is 5.77. The van der Waals surface area contributed by atoms with Gasteiger partial charge in [-0.1, -0.05) is 18.2 Å². The highest BCUT2D eigenvalue weighted by molar-refractivity contribution is 5.90. The van der Waals surface area contributed by atoms with Gasteiger partial charge in [-0.25, -0.2) is 9.79 Å². The van der Waals surface area contributed by atoms with Gasteiger partial charge in [0.05, 0.1) is 0 Å². The Morgan fingerprint density at radius 3 is 2.73 bits per heavy atom. The van der Waals surface area contributed by atoms with Gasteiger partial charge in [-0.15, -0.1) is 0 Å². The standard InChI is InChI=1S/C8H7NO2/c10-8(11)7-5-3-1-2-4-6-9-7/h1-6H,(H,10,11)/b2-1?,3-1-,4-2-,5-3?,6-4?,7-5-,9-6-,9-7?. The number of allylic oxidation sites excluding steroid dienone is 5. The van der Waals surface area contributed by atoms with Crippen LogP contribution in [0, 0.1) is 0 Å². The molecule has 0 aromatic carbocycles. The summed E-state index contributed by atoms with van der Waals surface area (Å²) in [6.45, 7) is 0. The molecule has 1 N–H and O–H groups in total. The highest BCUT2D eigenvalue weighted by Crippen LogP contribution is 1.98. The monoisotopic (exact) mass is 149 g/mol. The molecule has 0 aromatic rings. The van der Waals surface area contributed by atoms with Crippen molar-refractivity contribution in [2.24, 2.45) is 4.99 Å². The minimum absolute atomic E-state index is 0.0469. The first kappa shape index (κ1) is 7.47. The Balaban J connectivity index is 2.87. The number of aliphatic imine (C=N–C) groups is 1. The number of nitrogens with zero attached hydrogens (tertiary/aromatic N) is 1. The zero-order chi connectivity index (χ0) is 8.10. The Kier molecular flexibility index (Phi) is 2.38. The normalized spacial score (nSPS) is 28.9. The summed E-state index contributed by atoms with van der Waals surface area (Å²) in [6, 6.07) is 0. The van der Waals surface area contributed by atoms with E-state index >= 15 is 0 Å². The van der Waals surface area contributed by atoms with E-state index < -0.39 is 5.97 Å². The van der Waals surface area contributed by atoms with Crippen LogP contribution in [0.15, 0.2) is 41.1 Å². The maximum Gasteiger partial charge on any atom is 0.354 e. The van der Waals surface area contributed by atoms with Gasteiger partial charge in [0, 0.05) is 6.21 Å². The van der Waals surface area contributed by atoms with Gasteiger partial charge in [-0.2, -0.15) is 0 Å². The van der Waals surface area contributed by atoms with E-state index in [1.165, 1.54) is 12.3 Å². The molecule has 0 spiro atoms. The van der Waals surface area contributed by atoms with Crippen molar-refractivity contribution in [3.05, 3.63) is 36.1 Å². The molecule has 0 aliphatic carbocycles. The Hall–Kier alpha value is -1.64. The Morgan fingerprint density at radius 2 is 2.00 bits per heavy atom. The molecule has 1 rings (SSSR count). The second kappa shape index (κ2) is 3.51. The number of hydrogen-bond acceptors (Lipinski definition) is 2. The van der Waals surface area contributed by atoms with Crippen LogP contribution < -0.4 is 0 Å². The molecule has 0 atom stereocenters. The van der Waals surface area contributed by atoms with E-state index in [1.54, 1.807) is 24.3 Å². The summed E-state index contributed by atoms with van der Waals surface area (Å²) >= 11 is 0. The highest BCUT2D eigenvalue weighted by Gasteiger charge is 2.01. The van der Waals surface area contributed by atoms with Crippen LogP contribution >= 0.6 is 0 Å². The van der Waals surface area contributed by atoms with E-state index in [1.807, 2.05) is 0 Å². The molecular formula is C8H7NO2. The van der Waals surface area contributed by atoms with E-state index in [9.17, 15) is 4.79 Å². The van der Waals surface area contributed by atoms with Crippen molar-refractivity contribution in [2.45, 2.75) is 0 Å². The third-order valence-electron chi connectivity index (χ3n) is 1.11. The van der Waals surface area contributed by atoms with Crippen LogP contribution in [-0.4, -0.2) is 17.3 Å². The first-order chi connectivity index (χ1) is 5.30. The second-order valence-electron chi connectivity index (χ2n) is 1.91. The predicted molar refractivity (Wildman–Crippen MR) is 42.5 cm³/mol. The van der Waals surface area contributed by atoms with Crippen molar-refractivity contribution >= 4 is 12.2 Å². The lowest BCUT2D eigenvalue weighted by Gasteiger charge is -1.91. The molecule has 0 fully saturated rings. The van der Waals surface area contributed by atoms with Gasteiger partial charge in [0.25, 0.3) is 0 Å². The summed E-state index contributed by atoms with van der Waals surface area (Å²) in [5.74, 6) is -1.01. The van der Waals surface area contributed by atoms with Crippen LogP contribution in [0.2, 0.25) is 0 Å². The van der Waals surface area contributed by atoms with E-state index in [0.29, 0.717) is 0 Å². The molecule has 1 heterocycles. The molecule has 0 aromatic heterocycles. The van der Waals surface area contributed by atoms with E-state index in [0.717, 1.165) is 0 Å². The maximum absolute atomic E-state index is 10.4. The second-order valence-corrected chi connectivity index (χ2v) is 1.91. The molecule has 1 aliphatic rings. The Morgan fingerprint density at radius 1 is 1.27 bits per heavy atom. The molecule has 0 unspecified atom stereocenters. The fourth-order valence-electron chi connectivity index (χ4n) is 0.618. The quantitative estimate of drug-likeness (QED) is 0.608. The fraction of sp³-hybridized carbons (Fsp3) is 0. The molecule has 1 aliphatic heterocycles. The molecule has 56 valence electrons. The minimum atomic E-state index is -1.01. The molecule has 0 saturated carbocycles. The average molecular weight is 149 g/mol. The third-order valence-corrected chi connectivity index (χ3v) is 1.11. The largest absolute Gasteiger partial charge is 0.477 e. The lowest BCUT2D eigenvalue weighted by atomic mass is 10.3. The number of carboxylic acids is 1.